The molecule has 1 aromatic carbocycles. The molecule has 0 spiro atoms. The van der Waals surface area contributed by atoms with Gasteiger partial charge in [0.15, 0.2) is 0 Å². The second-order valence-corrected chi connectivity index (χ2v) is 6.37. The smallest absolute Gasteiger partial charge is 0.0466 e. The van der Waals surface area contributed by atoms with E-state index < -0.39 is 0 Å². The highest BCUT2D eigenvalue weighted by molar-refractivity contribution is 9.10. The van der Waals surface area contributed by atoms with Gasteiger partial charge in [-0.3, -0.25) is 0 Å². The average molecular weight is 272 g/mol. The van der Waals surface area contributed by atoms with Gasteiger partial charge in [-0.15, -0.1) is 11.8 Å². The Kier molecular flexibility index (Phi) is 2.56. The van der Waals surface area contributed by atoms with Gasteiger partial charge in [0.1, 0.15) is 0 Å². The van der Waals surface area contributed by atoms with E-state index in [1.807, 2.05) is 17.8 Å². The molecule has 2 N–H and O–H groups in total. The summed E-state index contributed by atoms with van der Waals surface area (Å²) in [4.78, 5) is 1.28. The largest absolute Gasteiger partial charge is 0.398 e. The van der Waals surface area contributed by atoms with Crippen LogP contribution >= 0.6 is 27.7 Å². The number of hydrogen-bond acceptors (Lipinski definition) is 2. The molecule has 1 nitrogen and oxygen atoms in total. The minimum atomic E-state index is 0.262. The summed E-state index contributed by atoms with van der Waals surface area (Å²) in [6.07, 6.45) is 1.22. The van der Waals surface area contributed by atoms with Crippen LogP contribution in [0.3, 0.4) is 0 Å². The van der Waals surface area contributed by atoms with Gasteiger partial charge in [-0.1, -0.05) is 29.8 Å². The molecular formula is C11H14BrNS. The van der Waals surface area contributed by atoms with E-state index in [1.165, 1.54) is 22.6 Å². The predicted molar refractivity (Wildman–Crippen MR) is 66.9 cm³/mol. The first-order valence-corrected chi connectivity index (χ1v) is 6.51. The second-order valence-electron chi connectivity index (χ2n) is 4.35. The van der Waals surface area contributed by atoms with E-state index in [-0.39, 0.29) is 5.41 Å². The third-order valence-corrected chi connectivity index (χ3v) is 4.40. The molecule has 1 heterocycles. The Balaban J connectivity index is 2.63. The lowest BCUT2D eigenvalue weighted by atomic mass is 9.81. The predicted octanol–water partition coefficient (Wildman–Crippen LogP) is 3.80. The summed E-state index contributed by atoms with van der Waals surface area (Å²) >= 11 is 5.38. The van der Waals surface area contributed by atoms with Crippen LogP contribution in [0.1, 0.15) is 25.8 Å². The molecule has 0 saturated heterocycles. The molecule has 3 heteroatoms. The highest BCUT2D eigenvalue weighted by Crippen LogP contribution is 2.45. The number of nitrogens with two attached hydrogens (primary N) is 1. The molecule has 0 atom stereocenters. The van der Waals surface area contributed by atoms with Gasteiger partial charge in [0.2, 0.25) is 0 Å². The first kappa shape index (κ1) is 10.4. The van der Waals surface area contributed by atoms with Crippen LogP contribution in [0.25, 0.3) is 0 Å². The normalized spacial score (nSPS) is 19.1. The Morgan fingerprint density at radius 2 is 2.14 bits per heavy atom. The number of hydrogen-bond donors (Lipinski definition) is 1. The number of fused-ring (bicyclic) bond motifs is 1. The van der Waals surface area contributed by atoms with Crippen LogP contribution in [0.4, 0.5) is 5.69 Å². The van der Waals surface area contributed by atoms with Gasteiger partial charge >= 0.3 is 0 Å². The van der Waals surface area contributed by atoms with E-state index in [9.17, 15) is 0 Å². The summed E-state index contributed by atoms with van der Waals surface area (Å²) in [5, 5.41) is 0. The van der Waals surface area contributed by atoms with Crippen LogP contribution in [-0.2, 0) is 5.41 Å². The lowest BCUT2D eigenvalue weighted by molar-refractivity contribution is 0.494. The monoisotopic (exact) mass is 271 g/mol. The quantitative estimate of drug-likeness (QED) is 0.727. The highest BCUT2D eigenvalue weighted by atomic mass is 79.9. The van der Waals surface area contributed by atoms with Crippen molar-refractivity contribution in [3.05, 3.63) is 22.2 Å². The number of benzene rings is 1. The topological polar surface area (TPSA) is 26.0 Å². The fourth-order valence-corrected chi connectivity index (χ4v) is 3.83. The maximum absolute atomic E-state index is 6.01. The summed E-state index contributed by atoms with van der Waals surface area (Å²) in [6.45, 7) is 4.58. The fraction of sp³-hybridized carbons (Fsp3) is 0.455. The Morgan fingerprint density at radius 3 is 2.86 bits per heavy atom. The summed E-state index contributed by atoms with van der Waals surface area (Å²) in [5.74, 6) is 1.17. The third-order valence-electron chi connectivity index (χ3n) is 2.79. The Hall–Kier alpha value is -0.150. The zero-order chi connectivity index (χ0) is 10.3. The first-order valence-electron chi connectivity index (χ1n) is 4.73. The maximum Gasteiger partial charge on any atom is 0.0466 e. The fourth-order valence-electron chi connectivity index (χ4n) is 1.82. The molecule has 14 heavy (non-hydrogen) atoms. The van der Waals surface area contributed by atoms with E-state index in [2.05, 4.69) is 35.8 Å². The van der Waals surface area contributed by atoms with Gasteiger partial charge in [0, 0.05) is 15.1 Å². The van der Waals surface area contributed by atoms with Crippen LogP contribution < -0.4 is 5.73 Å². The Labute approximate surface area is 97.6 Å². The van der Waals surface area contributed by atoms with Gasteiger partial charge in [-0.05, 0) is 35.3 Å². The number of thioether (sulfide) groups is 1. The number of anilines is 1. The van der Waals surface area contributed by atoms with Crippen molar-refractivity contribution in [2.24, 2.45) is 0 Å². The Bertz CT molecular complexity index is 374. The molecule has 0 aromatic heterocycles. The van der Waals surface area contributed by atoms with Crippen molar-refractivity contribution >= 4 is 33.4 Å². The lowest BCUT2D eigenvalue weighted by Gasteiger charge is -2.32. The van der Waals surface area contributed by atoms with Gasteiger partial charge in [0.25, 0.3) is 0 Å². The van der Waals surface area contributed by atoms with Crippen LogP contribution in [0.15, 0.2) is 21.5 Å². The zero-order valence-corrected chi connectivity index (χ0v) is 10.8. The molecule has 76 valence electrons. The SMILES string of the molecule is CC1(C)CCSc2c(N)cc(Br)cc21. The van der Waals surface area contributed by atoms with E-state index in [4.69, 9.17) is 5.73 Å². The van der Waals surface area contributed by atoms with Crippen molar-refractivity contribution in [3.63, 3.8) is 0 Å². The molecule has 1 aromatic rings. The second kappa shape index (κ2) is 3.46. The highest BCUT2D eigenvalue weighted by Gasteiger charge is 2.29. The van der Waals surface area contributed by atoms with Gasteiger partial charge in [-0.2, -0.15) is 0 Å². The molecular weight excluding hydrogens is 258 g/mol. The van der Waals surface area contributed by atoms with E-state index in [1.54, 1.807) is 0 Å². The van der Waals surface area contributed by atoms with Gasteiger partial charge < -0.3 is 5.73 Å². The molecule has 1 aliphatic rings. The molecule has 0 bridgehead atoms. The lowest BCUT2D eigenvalue weighted by Crippen LogP contribution is -2.23. The summed E-state index contributed by atoms with van der Waals surface area (Å²) in [7, 11) is 0. The summed E-state index contributed by atoms with van der Waals surface area (Å²) < 4.78 is 1.09. The van der Waals surface area contributed by atoms with Gasteiger partial charge in [-0.25, -0.2) is 0 Å². The molecule has 1 aliphatic heterocycles. The molecule has 0 aliphatic carbocycles. The number of rotatable bonds is 0. The molecule has 0 fully saturated rings. The number of halogens is 1. The standard InChI is InChI=1S/C11H14BrNS/c1-11(2)3-4-14-10-8(11)5-7(12)6-9(10)13/h5-6H,3-4,13H2,1-2H3. The van der Waals surface area contributed by atoms with E-state index in [0.29, 0.717) is 0 Å². The molecule has 2 rings (SSSR count). The van der Waals surface area contributed by atoms with Crippen molar-refractivity contribution < 1.29 is 0 Å². The number of nitrogen functional groups attached to an aromatic ring is 1. The summed E-state index contributed by atoms with van der Waals surface area (Å²) in [6, 6.07) is 4.20. The van der Waals surface area contributed by atoms with Crippen molar-refractivity contribution in [1.29, 1.82) is 0 Å². The van der Waals surface area contributed by atoms with E-state index >= 15 is 0 Å². The van der Waals surface area contributed by atoms with Crippen molar-refractivity contribution in [1.82, 2.24) is 0 Å². The summed E-state index contributed by atoms with van der Waals surface area (Å²) in [5.41, 5.74) is 8.57. The van der Waals surface area contributed by atoms with Crippen LogP contribution in [0, 0.1) is 0 Å². The molecule has 0 saturated carbocycles. The minimum absolute atomic E-state index is 0.262. The van der Waals surface area contributed by atoms with Crippen LogP contribution in [-0.4, -0.2) is 5.75 Å². The molecule has 0 radical (unpaired) electrons. The van der Waals surface area contributed by atoms with Crippen molar-refractivity contribution in [2.75, 3.05) is 11.5 Å². The zero-order valence-electron chi connectivity index (χ0n) is 8.43. The minimum Gasteiger partial charge on any atom is -0.398 e. The van der Waals surface area contributed by atoms with Crippen molar-refractivity contribution in [3.8, 4) is 0 Å². The Morgan fingerprint density at radius 1 is 1.43 bits per heavy atom. The van der Waals surface area contributed by atoms with E-state index in [0.717, 1.165) is 10.2 Å². The third kappa shape index (κ3) is 1.68. The maximum atomic E-state index is 6.01. The molecule has 0 unspecified atom stereocenters. The molecule has 0 amide bonds. The van der Waals surface area contributed by atoms with Gasteiger partial charge in [0.05, 0.1) is 0 Å². The van der Waals surface area contributed by atoms with Crippen LogP contribution in [0.2, 0.25) is 0 Å². The first-order chi connectivity index (χ1) is 6.50. The average Bonchev–Trinajstić information content (AvgIpc) is 2.06. The van der Waals surface area contributed by atoms with Crippen LogP contribution in [0.5, 0.6) is 0 Å². The van der Waals surface area contributed by atoms with Crippen molar-refractivity contribution in [2.45, 2.75) is 30.6 Å².